The van der Waals surface area contributed by atoms with Gasteiger partial charge >= 0.3 is 0 Å². The summed E-state index contributed by atoms with van der Waals surface area (Å²) in [6, 6.07) is 4.21. The lowest BCUT2D eigenvalue weighted by molar-refractivity contribution is -0.122. The zero-order valence-electron chi connectivity index (χ0n) is 9.32. The molecule has 1 amide bonds. The van der Waals surface area contributed by atoms with Gasteiger partial charge in [-0.2, -0.15) is 0 Å². The molecule has 0 aromatic carbocycles. The van der Waals surface area contributed by atoms with Crippen LogP contribution in [-0.2, 0) is 11.3 Å². The SMILES string of the molecule is NC(=O)C1CCCC(NCc2ccco2)C1. The Morgan fingerprint density at radius 3 is 3.12 bits per heavy atom. The zero-order chi connectivity index (χ0) is 11.4. The van der Waals surface area contributed by atoms with Crippen molar-refractivity contribution in [2.24, 2.45) is 11.7 Å². The van der Waals surface area contributed by atoms with Gasteiger partial charge in [-0.05, 0) is 31.4 Å². The monoisotopic (exact) mass is 222 g/mol. The second-order valence-corrected chi connectivity index (χ2v) is 4.42. The minimum absolute atomic E-state index is 0.0443. The van der Waals surface area contributed by atoms with E-state index in [1.807, 2.05) is 12.1 Å². The van der Waals surface area contributed by atoms with Crippen LogP contribution in [0.3, 0.4) is 0 Å². The Kier molecular flexibility index (Phi) is 3.62. The van der Waals surface area contributed by atoms with Crippen molar-refractivity contribution in [2.75, 3.05) is 0 Å². The normalized spacial score (nSPS) is 25.5. The van der Waals surface area contributed by atoms with Crippen LogP contribution < -0.4 is 11.1 Å². The maximum atomic E-state index is 11.1. The summed E-state index contributed by atoms with van der Waals surface area (Å²) >= 11 is 0. The fraction of sp³-hybridized carbons (Fsp3) is 0.583. The lowest BCUT2D eigenvalue weighted by Gasteiger charge is -2.27. The summed E-state index contributed by atoms with van der Waals surface area (Å²) in [5.74, 6) is 0.813. The third-order valence-electron chi connectivity index (χ3n) is 3.22. The topological polar surface area (TPSA) is 68.3 Å². The minimum atomic E-state index is -0.163. The Bertz CT molecular complexity index is 335. The quantitative estimate of drug-likeness (QED) is 0.809. The predicted octanol–water partition coefficient (Wildman–Crippen LogP) is 1.41. The summed E-state index contributed by atoms with van der Waals surface area (Å²) in [4.78, 5) is 11.1. The third-order valence-corrected chi connectivity index (χ3v) is 3.22. The van der Waals surface area contributed by atoms with Crippen molar-refractivity contribution >= 4 is 5.91 Å². The van der Waals surface area contributed by atoms with Crippen molar-refractivity contribution in [3.63, 3.8) is 0 Å². The van der Waals surface area contributed by atoms with E-state index in [1.165, 1.54) is 0 Å². The lowest BCUT2D eigenvalue weighted by atomic mass is 9.85. The molecular weight excluding hydrogens is 204 g/mol. The smallest absolute Gasteiger partial charge is 0.220 e. The molecule has 1 aliphatic carbocycles. The highest BCUT2D eigenvalue weighted by Gasteiger charge is 2.25. The molecule has 0 bridgehead atoms. The van der Waals surface area contributed by atoms with E-state index in [1.54, 1.807) is 6.26 Å². The van der Waals surface area contributed by atoms with Crippen LogP contribution in [0.25, 0.3) is 0 Å². The second-order valence-electron chi connectivity index (χ2n) is 4.42. The van der Waals surface area contributed by atoms with Gasteiger partial charge in [-0.25, -0.2) is 0 Å². The number of rotatable bonds is 4. The van der Waals surface area contributed by atoms with E-state index in [2.05, 4.69) is 5.32 Å². The molecule has 0 saturated heterocycles. The first-order valence-corrected chi connectivity index (χ1v) is 5.81. The number of nitrogens with one attached hydrogen (secondary N) is 1. The number of amides is 1. The van der Waals surface area contributed by atoms with E-state index < -0.39 is 0 Å². The van der Waals surface area contributed by atoms with Crippen molar-refractivity contribution in [3.8, 4) is 0 Å². The number of hydrogen-bond acceptors (Lipinski definition) is 3. The van der Waals surface area contributed by atoms with Crippen LogP contribution in [0.5, 0.6) is 0 Å². The van der Waals surface area contributed by atoms with Crippen LogP contribution >= 0.6 is 0 Å². The summed E-state index contributed by atoms with van der Waals surface area (Å²) in [7, 11) is 0. The molecule has 88 valence electrons. The summed E-state index contributed by atoms with van der Waals surface area (Å²) in [5.41, 5.74) is 5.33. The van der Waals surface area contributed by atoms with E-state index >= 15 is 0 Å². The average molecular weight is 222 g/mol. The largest absolute Gasteiger partial charge is 0.468 e. The molecule has 2 atom stereocenters. The summed E-state index contributed by atoms with van der Waals surface area (Å²) in [6.07, 6.45) is 5.66. The van der Waals surface area contributed by atoms with E-state index in [0.717, 1.165) is 38.0 Å². The van der Waals surface area contributed by atoms with Gasteiger partial charge in [0.2, 0.25) is 5.91 Å². The predicted molar refractivity (Wildman–Crippen MR) is 60.5 cm³/mol. The molecule has 2 rings (SSSR count). The van der Waals surface area contributed by atoms with Crippen LogP contribution in [0.15, 0.2) is 22.8 Å². The second kappa shape index (κ2) is 5.16. The molecule has 4 heteroatoms. The lowest BCUT2D eigenvalue weighted by Crippen LogP contribution is -2.38. The molecule has 1 saturated carbocycles. The Hall–Kier alpha value is -1.29. The van der Waals surface area contributed by atoms with Crippen LogP contribution in [0, 0.1) is 5.92 Å². The van der Waals surface area contributed by atoms with Gasteiger partial charge in [-0.1, -0.05) is 6.42 Å². The van der Waals surface area contributed by atoms with E-state index in [4.69, 9.17) is 10.2 Å². The Balaban J connectivity index is 1.79. The molecular formula is C12H18N2O2. The summed E-state index contributed by atoms with van der Waals surface area (Å²) in [5, 5.41) is 3.41. The van der Waals surface area contributed by atoms with Gasteiger partial charge in [0.1, 0.15) is 5.76 Å². The molecule has 1 aromatic heterocycles. The molecule has 0 radical (unpaired) electrons. The number of furan rings is 1. The molecule has 2 unspecified atom stereocenters. The van der Waals surface area contributed by atoms with Gasteiger partial charge < -0.3 is 15.5 Å². The highest BCUT2D eigenvalue weighted by molar-refractivity contribution is 5.76. The van der Waals surface area contributed by atoms with Crippen molar-refractivity contribution in [2.45, 2.75) is 38.3 Å². The molecule has 4 nitrogen and oxygen atoms in total. The highest BCUT2D eigenvalue weighted by atomic mass is 16.3. The molecule has 3 N–H and O–H groups in total. The number of nitrogens with two attached hydrogens (primary N) is 1. The van der Waals surface area contributed by atoms with Crippen molar-refractivity contribution in [3.05, 3.63) is 24.2 Å². The van der Waals surface area contributed by atoms with Gasteiger partial charge in [0.25, 0.3) is 0 Å². The average Bonchev–Trinajstić information content (AvgIpc) is 2.79. The summed E-state index contributed by atoms with van der Waals surface area (Å²) in [6.45, 7) is 0.725. The summed E-state index contributed by atoms with van der Waals surface area (Å²) < 4.78 is 5.24. The molecule has 1 fully saturated rings. The third kappa shape index (κ3) is 2.85. The first-order valence-electron chi connectivity index (χ1n) is 5.81. The first-order chi connectivity index (χ1) is 7.75. The first kappa shape index (κ1) is 11.2. The Morgan fingerprint density at radius 2 is 2.44 bits per heavy atom. The molecule has 0 aliphatic heterocycles. The van der Waals surface area contributed by atoms with E-state index in [9.17, 15) is 4.79 Å². The Labute approximate surface area is 95.2 Å². The van der Waals surface area contributed by atoms with Gasteiger partial charge in [-0.3, -0.25) is 4.79 Å². The van der Waals surface area contributed by atoms with Gasteiger partial charge in [0, 0.05) is 12.0 Å². The zero-order valence-corrected chi connectivity index (χ0v) is 9.32. The van der Waals surface area contributed by atoms with E-state index in [0.29, 0.717) is 6.04 Å². The molecule has 1 aliphatic rings. The maximum Gasteiger partial charge on any atom is 0.220 e. The molecule has 0 spiro atoms. The molecule has 16 heavy (non-hydrogen) atoms. The number of primary amides is 1. The highest BCUT2D eigenvalue weighted by Crippen LogP contribution is 2.24. The van der Waals surface area contributed by atoms with Crippen molar-refractivity contribution in [1.82, 2.24) is 5.32 Å². The minimum Gasteiger partial charge on any atom is -0.468 e. The van der Waals surface area contributed by atoms with Gasteiger partial charge in [0.05, 0.1) is 12.8 Å². The van der Waals surface area contributed by atoms with Crippen molar-refractivity contribution in [1.29, 1.82) is 0 Å². The number of hydrogen-bond donors (Lipinski definition) is 2. The van der Waals surface area contributed by atoms with Crippen LogP contribution in [0.2, 0.25) is 0 Å². The van der Waals surface area contributed by atoms with Gasteiger partial charge in [0.15, 0.2) is 0 Å². The van der Waals surface area contributed by atoms with Crippen LogP contribution in [0.1, 0.15) is 31.4 Å². The number of carbonyl (C=O) groups excluding carboxylic acids is 1. The Morgan fingerprint density at radius 1 is 1.56 bits per heavy atom. The van der Waals surface area contributed by atoms with Crippen LogP contribution in [-0.4, -0.2) is 11.9 Å². The van der Waals surface area contributed by atoms with E-state index in [-0.39, 0.29) is 11.8 Å². The van der Waals surface area contributed by atoms with Crippen molar-refractivity contribution < 1.29 is 9.21 Å². The maximum absolute atomic E-state index is 11.1. The number of carbonyl (C=O) groups is 1. The fourth-order valence-electron chi connectivity index (χ4n) is 2.29. The van der Waals surface area contributed by atoms with Gasteiger partial charge in [-0.15, -0.1) is 0 Å². The fourth-order valence-corrected chi connectivity index (χ4v) is 2.29. The molecule has 1 heterocycles. The standard InChI is InChI=1S/C12H18N2O2/c13-12(15)9-3-1-4-10(7-9)14-8-11-5-2-6-16-11/h2,5-6,9-10,14H,1,3-4,7-8H2,(H2,13,15). The van der Waals surface area contributed by atoms with Crippen LogP contribution in [0.4, 0.5) is 0 Å². The molecule has 1 aromatic rings.